The van der Waals surface area contributed by atoms with Crippen LogP contribution in [0.15, 0.2) is 72.8 Å². The van der Waals surface area contributed by atoms with Crippen LogP contribution in [0.4, 0.5) is 0 Å². The van der Waals surface area contributed by atoms with Crippen LogP contribution in [-0.4, -0.2) is 35.7 Å². The maximum absolute atomic E-state index is 12.4. The van der Waals surface area contributed by atoms with Gasteiger partial charge in [-0.05, 0) is 62.6 Å². The monoisotopic (exact) mass is 471 g/mol. The molecule has 6 nitrogen and oxygen atoms in total. The number of para-hydroxylation sites is 2. The average molecular weight is 472 g/mol. The minimum Gasteiger partial charge on any atom is -0.497 e. The standard InChI is InChI=1S/C29H33N3O3/c1-22-14-16-23(17-15-22)29(33)30-18-8-13-28-31-26-11-3-4-12-27(26)32(28)19-5-6-20-35-25-10-7-9-24(21-25)34-2/h3-4,7,9-12,14-17,21H,5-6,8,13,18-20H2,1-2H3,(H,30,33). The number of aromatic nitrogens is 2. The van der Waals surface area contributed by atoms with Gasteiger partial charge < -0.3 is 19.4 Å². The van der Waals surface area contributed by atoms with Gasteiger partial charge in [-0.3, -0.25) is 4.79 Å². The fraction of sp³-hybridized carbons (Fsp3) is 0.310. The Labute approximate surface area is 206 Å². The predicted molar refractivity (Wildman–Crippen MR) is 139 cm³/mol. The molecule has 0 unspecified atom stereocenters. The number of methoxy groups -OCH3 is 1. The predicted octanol–water partition coefficient (Wildman–Crippen LogP) is 5.58. The number of carbonyl (C=O) groups excluding carboxylic acids is 1. The van der Waals surface area contributed by atoms with Crippen LogP contribution in [0.5, 0.6) is 11.5 Å². The fourth-order valence-corrected chi connectivity index (χ4v) is 4.07. The highest BCUT2D eigenvalue weighted by atomic mass is 16.5. The zero-order valence-corrected chi connectivity index (χ0v) is 20.5. The number of nitrogens with one attached hydrogen (secondary N) is 1. The van der Waals surface area contributed by atoms with Crippen LogP contribution < -0.4 is 14.8 Å². The molecule has 4 aromatic rings. The molecule has 6 heteroatoms. The average Bonchev–Trinajstić information content (AvgIpc) is 3.24. The van der Waals surface area contributed by atoms with Crippen molar-refractivity contribution in [3.8, 4) is 11.5 Å². The number of nitrogens with zero attached hydrogens (tertiary/aromatic N) is 2. The van der Waals surface area contributed by atoms with Crippen LogP contribution >= 0.6 is 0 Å². The summed E-state index contributed by atoms with van der Waals surface area (Å²) in [6, 6.07) is 23.6. The summed E-state index contributed by atoms with van der Waals surface area (Å²) in [5, 5.41) is 3.02. The van der Waals surface area contributed by atoms with Gasteiger partial charge in [-0.25, -0.2) is 4.98 Å². The summed E-state index contributed by atoms with van der Waals surface area (Å²) in [7, 11) is 1.66. The maximum atomic E-state index is 12.4. The van der Waals surface area contributed by atoms with Crippen molar-refractivity contribution in [3.63, 3.8) is 0 Å². The summed E-state index contributed by atoms with van der Waals surface area (Å²) in [5.41, 5.74) is 4.00. The zero-order valence-electron chi connectivity index (χ0n) is 20.5. The molecule has 3 aromatic carbocycles. The topological polar surface area (TPSA) is 65.4 Å². The summed E-state index contributed by atoms with van der Waals surface area (Å²) in [6.07, 6.45) is 3.57. The Kier molecular flexibility index (Phi) is 8.39. The third-order valence-corrected chi connectivity index (χ3v) is 6.00. The van der Waals surface area contributed by atoms with Gasteiger partial charge in [0.1, 0.15) is 17.3 Å². The number of carbonyl (C=O) groups is 1. The number of ether oxygens (including phenoxy) is 2. The molecule has 0 radical (unpaired) electrons. The first-order valence-corrected chi connectivity index (χ1v) is 12.2. The van der Waals surface area contributed by atoms with Crippen molar-refractivity contribution in [1.29, 1.82) is 0 Å². The Balaban J connectivity index is 1.28. The molecule has 0 aliphatic heterocycles. The molecule has 1 N–H and O–H groups in total. The summed E-state index contributed by atoms with van der Waals surface area (Å²) >= 11 is 0. The van der Waals surface area contributed by atoms with Crippen LogP contribution in [0.1, 0.15) is 41.0 Å². The molecule has 0 bridgehead atoms. The Morgan fingerprint density at radius 1 is 0.943 bits per heavy atom. The van der Waals surface area contributed by atoms with E-state index in [4.69, 9.17) is 14.5 Å². The van der Waals surface area contributed by atoms with Gasteiger partial charge in [0.25, 0.3) is 5.91 Å². The fourth-order valence-electron chi connectivity index (χ4n) is 4.07. The normalized spacial score (nSPS) is 10.9. The van der Waals surface area contributed by atoms with Crippen LogP contribution in [0.2, 0.25) is 0 Å². The van der Waals surface area contributed by atoms with Gasteiger partial charge in [0.15, 0.2) is 0 Å². The number of benzene rings is 3. The van der Waals surface area contributed by atoms with Crippen molar-refractivity contribution in [2.75, 3.05) is 20.3 Å². The first-order chi connectivity index (χ1) is 17.1. The summed E-state index contributed by atoms with van der Waals surface area (Å²) in [4.78, 5) is 17.2. The van der Waals surface area contributed by atoms with E-state index >= 15 is 0 Å². The molecule has 0 aliphatic rings. The van der Waals surface area contributed by atoms with Crippen molar-refractivity contribution < 1.29 is 14.3 Å². The second kappa shape index (κ2) is 12.1. The van der Waals surface area contributed by atoms with E-state index in [1.54, 1.807) is 7.11 Å². The SMILES string of the molecule is COc1cccc(OCCCCn2c(CCCNC(=O)c3ccc(C)cc3)nc3ccccc32)c1. The summed E-state index contributed by atoms with van der Waals surface area (Å²) in [5.74, 6) is 2.65. The number of fused-ring (bicyclic) bond motifs is 1. The van der Waals surface area contributed by atoms with E-state index in [1.165, 1.54) is 0 Å². The van der Waals surface area contributed by atoms with E-state index < -0.39 is 0 Å². The lowest BCUT2D eigenvalue weighted by Crippen LogP contribution is -2.25. The van der Waals surface area contributed by atoms with Gasteiger partial charge in [-0.1, -0.05) is 35.9 Å². The highest BCUT2D eigenvalue weighted by Gasteiger charge is 2.11. The van der Waals surface area contributed by atoms with Gasteiger partial charge >= 0.3 is 0 Å². The Morgan fingerprint density at radius 3 is 2.57 bits per heavy atom. The maximum Gasteiger partial charge on any atom is 0.251 e. The molecular weight excluding hydrogens is 438 g/mol. The van der Waals surface area contributed by atoms with Gasteiger partial charge in [-0.15, -0.1) is 0 Å². The quantitative estimate of drug-likeness (QED) is 0.274. The van der Waals surface area contributed by atoms with E-state index in [9.17, 15) is 4.79 Å². The number of rotatable bonds is 12. The highest BCUT2D eigenvalue weighted by Crippen LogP contribution is 2.20. The van der Waals surface area contributed by atoms with Crippen LogP contribution in [-0.2, 0) is 13.0 Å². The van der Waals surface area contributed by atoms with Gasteiger partial charge in [0.05, 0.1) is 24.8 Å². The minimum atomic E-state index is -0.0328. The lowest BCUT2D eigenvalue weighted by atomic mass is 10.1. The number of amides is 1. The minimum absolute atomic E-state index is 0.0328. The first-order valence-electron chi connectivity index (χ1n) is 12.2. The van der Waals surface area contributed by atoms with Gasteiger partial charge in [-0.2, -0.15) is 0 Å². The lowest BCUT2D eigenvalue weighted by molar-refractivity contribution is 0.0953. The number of hydrogen-bond donors (Lipinski definition) is 1. The van der Waals surface area contributed by atoms with E-state index in [1.807, 2.05) is 61.5 Å². The molecule has 0 fully saturated rings. The van der Waals surface area contributed by atoms with Crippen molar-refractivity contribution in [2.24, 2.45) is 0 Å². The number of hydrogen-bond acceptors (Lipinski definition) is 4. The molecule has 0 saturated heterocycles. The molecule has 1 aromatic heterocycles. The van der Waals surface area contributed by atoms with Crippen LogP contribution in [0.25, 0.3) is 11.0 Å². The van der Waals surface area contributed by atoms with Crippen molar-refractivity contribution in [3.05, 3.63) is 89.7 Å². The molecule has 0 aliphatic carbocycles. The lowest BCUT2D eigenvalue weighted by Gasteiger charge is -2.11. The third-order valence-electron chi connectivity index (χ3n) is 6.00. The smallest absolute Gasteiger partial charge is 0.251 e. The van der Waals surface area contributed by atoms with Crippen molar-refractivity contribution >= 4 is 16.9 Å². The van der Waals surface area contributed by atoms with Crippen molar-refractivity contribution in [1.82, 2.24) is 14.9 Å². The molecule has 1 amide bonds. The van der Waals surface area contributed by atoms with Crippen LogP contribution in [0, 0.1) is 6.92 Å². The largest absolute Gasteiger partial charge is 0.497 e. The summed E-state index contributed by atoms with van der Waals surface area (Å²) < 4.78 is 13.4. The van der Waals surface area contributed by atoms with E-state index in [0.717, 1.165) is 66.1 Å². The van der Waals surface area contributed by atoms with Crippen molar-refractivity contribution in [2.45, 2.75) is 39.2 Å². The van der Waals surface area contributed by atoms with E-state index in [0.29, 0.717) is 18.7 Å². The second-order valence-corrected chi connectivity index (χ2v) is 8.63. The molecule has 0 atom stereocenters. The molecule has 1 heterocycles. The number of imidazole rings is 1. The third kappa shape index (κ3) is 6.63. The molecule has 35 heavy (non-hydrogen) atoms. The Hall–Kier alpha value is -3.80. The first kappa shape index (κ1) is 24.3. The molecule has 0 saturated carbocycles. The number of unbranched alkanes of at least 4 members (excludes halogenated alkanes) is 1. The zero-order chi connectivity index (χ0) is 24.5. The molecule has 4 rings (SSSR count). The van der Waals surface area contributed by atoms with Gasteiger partial charge in [0, 0.05) is 31.1 Å². The Morgan fingerprint density at radius 2 is 1.74 bits per heavy atom. The molecule has 182 valence electrons. The number of aryl methyl sites for hydroxylation is 3. The van der Waals surface area contributed by atoms with Crippen LogP contribution in [0.3, 0.4) is 0 Å². The van der Waals surface area contributed by atoms with E-state index in [-0.39, 0.29) is 5.91 Å². The molecule has 0 spiro atoms. The second-order valence-electron chi connectivity index (χ2n) is 8.63. The van der Waals surface area contributed by atoms with E-state index in [2.05, 4.69) is 28.1 Å². The van der Waals surface area contributed by atoms with Gasteiger partial charge in [0.2, 0.25) is 0 Å². The summed E-state index contributed by atoms with van der Waals surface area (Å²) in [6.45, 7) is 4.17. The Bertz CT molecular complexity index is 1250. The highest BCUT2D eigenvalue weighted by molar-refractivity contribution is 5.94. The molecular formula is C29H33N3O3.